The van der Waals surface area contributed by atoms with Gasteiger partial charge in [0.25, 0.3) is 0 Å². The first-order valence-corrected chi connectivity index (χ1v) is 8.62. The van der Waals surface area contributed by atoms with Crippen LogP contribution in [-0.2, 0) is 18.3 Å². The van der Waals surface area contributed by atoms with Crippen molar-refractivity contribution in [2.24, 2.45) is 13.0 Å². The van der Waals surface area contributed by atoms with E-state index in [2.05, 4.69) is 28.1 Å². The molecule has 2 fully saturated rings. The zero-order valence-electron chi connectivity index (χ0n) is 13.7. The fourth-order valence-corrected chi connectivity index (χ4v) is 4.18. The van der Waals surface area contributed by atoms with E-state index in [0.29, 0.717) is 12.0 Å². The first kappa shape index (κ1) is 15.1. The van der Waals surface area contributed by atoms with Crippen LogP contribution in [0.25, 0.3) is 11.0 Å². The van der Waals surface area contributed by atoms with Crippen molar-refractivity contribution in [3.63, 3.8) is 0 Å². The monoisotopic (exact) mass is 315 g/mol. The molecule has 0 radical (unpaired) electrons. The van der Waals surface area contributed by atoms with Crippen molar-refractivity contribution in [3.8, 4) is 0 Å². The number of aromatic nitrogens is 2. The van der Waals surface area contributed by atoms with Gasteiger partial charge < -0.3 is 14.4 Å². The standard InChI is InChI=1S/C18H25N3O2/c1-20-12-19-15-9-13(5-6-16(15)20)10-21-7-8-23-11-17(21)14-3-2-4-18(14)22/h5-6,9,12,14,17-18,22H,2-4,7-8,10-11H2,1H3/t14-,17+,18-/m0/s1. The molecule has 23 heavy (non-hydrogen) atoms. The maximum absolute atomic E-state index is 10.3. The van der Waals surface area contributed by atoms with Gasteiger partial charge in [-0.05, 0) is 30.5 Å². The summed E-state index contributed by atoms with van der Waals surface area (Å²) in [6.07, 6.45) is 4.89. The molecule has 0 bridgehead atoms. The number of aliphatic hydroxyl groups excluding tert-OH is 1. The number of imidazole rings is 1. The Kier molecular flexibility index (Phi) is 4.09. The average molecular weight is 315 g/mol. The molecule has 0 unspecified atom stereocenters. The minimum absolute atomic E-state index is 0.164. The summed E-state index contributed by atoms with van der Waals surface area (Å²) in [5, 5.41) is 10.3. The van der Waals surface area contributed by atoms with Crippen molar-refractivity contribution in [1.82, 2.24) is 14.5 Å². The Balaban J connectivity index is 1.54. The van der Waals surface area contributed by atoms with Crippen LogP contribution in [0.4, 0.5) is 0 Å². The molecule has 1 aromatic heterocycles. The predicted molar refractivity (Wildman–Crippen MR) is 89.1 cm³/mol. The summed E-state index contributed by atoms with van der Waals surface area (Å²) < 4.78 is 7.76. The number of fused-ring (bicyclic) bond motifs is 1. The van der Waals surface area contributed by atoms with E-state index in [-0.39, 0.29) is 6.10 Å². The Morgan fingerprint density at radius 3 is 3.09 bits per heavy atom. The Morgan fingerprint density at radius 2 is 2.26 bits per heavy atom. The summed E-state index contributed by atoms with van der Waals surface area (Å²) in [6.45, 7) is 3.37. The maximum Gasteiger partial charge on any atom is 0.0955 e. The summed E-state index contributed by atoms with van der Waals surface area (Å²) >= 11 is 0. The van der Waals surface area contributed by atoms with E-state index in [1.807, 2.05) is 17.9 Å². The van der Waals surface area contributed by atoms with Gasteiger partial charge in [-0.15, -0.1) is 0 Å². The van der Waals surface area contributed by atoms with Gasteiger partial charge in [-0.2, -0.15) is 0 Å². The third kappa shape index (κ3) is 2.89. The van der Waals surface area contributed by atoms with Crippen molar-refractivity contribution in [1.29, 1.82) is 0 Å². The second-order valence-corrected chi connectivity index (χ2v) is 6.95. The molecule has 124 valence electrons. The Bertz CT molecular complexity index is 684. The molecule has 0 amide bonds. The smallest absolute Gasteiger partial charge is 0.0955 e. The van der Waals surface area contributed by atoms with Crippen LogP contribution in [-0.4, -0.2) is 51.5 Å². The second kappa shape index (κ2) is 6.23. The number of morpholine rings is 1. The zero-order valence-corrected chi connectivity index (χ0v) is 13.7. The summed E-state index contributed by atoms with van der Waals surface area (Å²) in [5.41, 5.74) is 3.50. The molecule has 1 saturated heterocycles. The summed E-state index contributed by atoms with van der Waals surface area (Å²) in [7, 11) is 2.02. The highest BCUT2D eigenvalue weighted by Crippen LogP contribution is 2.33. The van der Waals surface area contributed by atoms with Gasteiger partial charge in [-0.25, -0.2) is 4.98 Å². The normalized spacial score (nSPS) is 29.4. The number of rotatable bonds is 3. The van der Waals surface area contributed by atoms with Crippen LogP contribution in [0.5, 0.6) is 0 Å². The lowest BCUT2D eigenvalue weighted by Crippen LogP contribution is -2.50. The zero-order chi connectivity index (χ0) is 15.8. The van der Waals surface area contributed by atoms with Gasteiger partial charge >= 0.3 is 0 Å². The average Bonchev–Trinajstić information content (AvgIpc) is 3.14. The lowest BCUT2D eigenvalue weighted by molar-refractivity contribution is -0.0536. The molecule has 2 aliphatic rings. The molecule has 1 aliphatic heterocycles. The van der Waals surface area contributed by atoms with Crippen LogP contribution in [0, 0.1) is 5.92 Å². The van der Waals surface area contributed by atoms with Gasteiger partial charge in [0.2, 0.25) is 0 Å². The van der Waals surface area contributed by atoms with E-state index in [9.17, 15) is 5.11 Å². The molecule has 0 spiro atoms. The van der Waals surface area contributed by atoms with Gasteiger partial charge in [0.15, 0.2) is 0 Å². The third-order valence-corrected chi connectivity index (χ3v) is 5.48. The summed E-state index contributed by atoms with van der Waals surface area (Å²) in [5.74, 6) is 0.355. The van der Waals surface area contributed by atoms with Crippen molar-refractivity contribution >= 4 is 11.0 Å². The molecule has 2 aromatic rings. The Labute approximate surface area is 136 Å². The SMILES string of the molecule is Cn1cnc2cc(CN3CCOC[C@@H]3[C@@H]3CCC[C@@H]3O)ccc21. The number of aliphatic hydroxyl groups is 1. The van der Waals surface area contributed by atoms with Gasteiger partial charge in [-0.1, -0.05) is 12.5 Å². The van der Waals surface area contributed by atoms with Crippen LogP contribution >= 0.6 is 0 Å². The van der Waals surface area contributed by atoms with Crippen LogP contribution in [0.1, 0.15) is 24.8 Å². The van der Waals surface area contributed by atoms with Crippen molar-refractivity contribution in [2.75, 3.05) is 19.8 Å². The lowest BCUT2D eigenvalue weighted by Gasteiger charge is -2.40. The third-order valence-electron chi connectivity index (χ3n) is 5.48. The first-order valence-electron chi connectivity index (χ1n) is 8.62. The van der Waals surface area contributed by atoms with E-state index < -0.39 is 0 Å². The highest BCUT2D eigenvalue weighted by atomic mass is 16.5. The Morgan fingerprint density at radius 1 is 1.35 bits per heavy atom. The second-order valence-electron chi connectivity index (χ2n) is 6.95. The van der Waals surface area contributed by atoms with Crippen molar-refractivity contribution < 1.29 is 9.84 Å². The Hall–Kier alpha value is -1.43. The molecule has 3 atom stereocenters. The van der Waals surface area contributed by atoms with Crippen LogP contribution in [0.2, 0.25) is 0 Å². The van der Waals surface area contributed by atoms with Gasteiger partial charge in [-0.3, -0.25) is 4.90 Å². The quantitative estimate of drug-likeness (QED) is 0.940. The molecular weight excluding hydrogens is 290 g/mol. The largest absolute Gasteiger partial charge is 0.393 e. The lowest BCUT2D eigenvalue weighted by atomic mass is 9.94. The molecule has 1 saturated carbocycles. The van der Waals surface area contributed by atoms with E-state index in [4.69, 9.17) is 4.74 Å². The van der Waals surface area contributed by atoms with E-state index in [1.165, 1.54) is 11.1 Å². The minimum Gasteiger partial charge on any atom is -0.393 e. The van der Waals surface area contributed by atoms with Gasteiger partial charge in [0, 0.05) is 32.1 Å². The summed E-state index contributed by atoms with van der Waals surface area (Å²) in [6, 6.07) is 6.87. The van der Waals surface area contributed by atoms with Crippen LogP contribution in [0.15, 0.2) is 24.5 Å². The van der Waals surface area contributed by atoms with Crippen LogP contribution < -0.4 is 0 Å². The molecule has 4 rings (SSSR count). The molecule has 5 nitrogen and oxygen atoms in total. The highest BCUT2D eigenvalue weighted by molar-refractivity contribution is 5.75. The molecule has 5 heteroatoms. The number of hydrogen-bond donors (Lipinski definition) is 1. The fourth-order valence-electron chi connectivity index (χ4n) is 4.18. The first-order chi connectivity index (χ1) is 11.2. The van der Waals surface area contributed by atoms with Gasteiger partial charge in [0.05, 0.1) is 36.7 Å². The predicted octanol–water partition coefficient (Wildman–Crippen LogP) is 1.94. The number of ether oxygens (including phenoxy) is 1. The minimum atomic E-state index is -0.164. The van der Waals surface area contributed by atoms with Crippen molar-refractivity contribution in [3.05, 3.63) is 30.1 Å². The molecule has 1 aromatic carbocycles. The van der Waals surface area contributed by atoms with E-state index in [0.717, 1.165) is 51.1 Å². The maximum atomic E-state index is 10.3. The van der Waals surface area contributed by atoms with Gasteiger partial charge in [0.1, 0.15) is 0 Å². The topological polar surface area (TPSA) is 50.5 Å². The number of nitrogens with zero attached hydrogens (tertiary/aromatic N) is 3. The number of benzene rings is 1. The summed E-state index contributed by atoms with van der Waals surface area (Å²) in [4.78, 5) is 6.95. The van der Waals surface area contributed by atoms with E-state index >= 15 is 0 Å². The van der Waals surface area contributed by atoms with Crippen LogP contribution in [0.3, 0.4) is 0 Å². The molecule has 1 N–H and O–H groups in total. The van der Waals surface area contributed by atoms with E-state index in [1.54, 1.807) is 0 Å². The molecule has 1 aliphatic carbocycles. The number of aryl methyl sites for hydroxylation is 1. The highest BCUT2D eigenvalue weighted by Gasteiger charge is 2.37. The fraction of sp³-hybridized carbons (Fsp3) is 0.611. The number of hydrogen-bond acceptors (Lipinski definition) is 4. The molecule has 2 heterocycles. The van der Waals surface area contributed by atoms with Crippen molar-refractivity contribution in [2.45, 2.75) is 38.0 Å². The molecular formula is C18H25N3O2.